The largest absolute Gasteiger partial charge is 0.356 e. The van der Waals surface area contributed by atoms with Crippen LogP contribution in [0.15, 0.2) is 66.0 Å². The smallest absolute Gasteiger partial charge is 0.253 e. The molecule has 2 saturated heterocycles. The molecule has 4 aromatic rings. The summed E-state index contributed by atoms with van der Waals surface area (Å²) in [5.41, 5.74) is 2.54. The SMILES string of the molecule is CS(=O)(=O)c1cncc(C(=O)NCc2cc3nc(-c4cccc(N5CCCC6(CCNC6=O)C5)n4)ccc3cn2)c1. The molecule has 2 aliphatic heterocycles. The maximum Gasteiger partial charge on any atom is 0.253 e. The van der Waals surface area contributed by atoms with Crippen LogP contribution < -0.4 is 15.5 Å². The molecule has 12 heteroatoms. The highest BCUT2D eigenvalue weighted by atomic mass is 32.2. The van der Waals surface area contributed by atoms with Gasteiger partial charge >= 0.3 is 0 Å². The molecule has 0 bridgehead atoms. The fourth-order valence-electron chi connectivity index (χ4n) is 5.49. The number of aromatic nitrogens is 4. The van der Waals surface area contributed by atoms with Gasteiger partial charge in [-0.1, -0.05) is 6.07 Å². The summed E-state index contributed by atoms with van der Waals surface area (Å²) in [5.74, 6) is 0.521. The first kappa shape index (κ1) is 26.8. The van der Waals surface area contributed by atoms with E-state index in [1.807, 2.05) is 30.3 Å². The first-order valence-electron chi connectivity index (χ1n) is 13.4. The fraction of sp³-hybridized carbons (Fsp3) is 0.310. The van der Waals surface area contributed by atoms with Crippen molar-refractivity contribution in [2.45, 2.75) is 30.7 Å². The molecule has 2 fully saturated rings. The zero-order valence-corrected chi connectivity index (χ0v) is 23.3. The van der Waals surface area contributed by atoms with Gasteiger partial charge in [-0.05, 0) is 55.7 Å². The van der Waals surface area contributed by atoms with E-state index in [0.717, 1.165) is 55.5 Å². The number of nitrogens with zero attached hydrogens (tertiary/aromatic N) is 5. The van der Waals surface area contributed by atoms with Gasteiger partial charge < -0.3 is 15.5 Å². The average molecular weight is 572 g/mol. The maximum absolute atomic E-state index is 12.6. The highest BCUT2D eigenvalue weighted by Gasteiger charge is 2.45. The van der Waals surface area contributed by atoms with Crippen LogP contribution in [0.3, 0.4) is 0 Å². The third-order valence-corrected chi connectivity index (χ3v) is 8.81. The first-order chi connectivity index (χ1) is 19.7. The summed E-state index contributed by atoms with van der Waals surface area (Å²) < 4.78 is 23.6. The van der Waals surface area contributed by atoms with Gasteiger partial charge in [-0.3, -0.25) is 19.6 Å². The zero-order chi connectivity index (χ0) is 28.6. The van der Waals surface area contributed by atoms with Crippen LogP contribution in [-0.4, -0.2) is 66.1 Å². The minimum absolute atomic E-state index is 0.0211. The van der Waals surface area contributed by atoms with Crippen LogP contribution in [0.4, 0.5) is 5.82 Å². The van der Waals surface area contributed by atoms with Crippen molar-refractivity contribution in [2.75, 3.05) is 30.8 Å². The van der Waals surface area contributed by atoms with Gasteiger partial charge in [0.05, 0.1) is 45.0 Å². The molecule has 41 heavy (non-hydrogen) atoms. The Morgan fingerprint density at radius 1 is 1.07 bits per heavy atom. The van der Waals surface area contributed by atoms with Crippen molar-refractivity contribution in [1.82, 2.24) is 30.6 Å². The van der Waals surface area contributed by atoms with Crippen molar-refractivity contribution in [2.24, 2.45) is 5.41 Å². The van der Waals surface area contributed by atoms with E-state index in [9.17, 15) is 18.0 Å². The minimum Gasteiger partial charge on any atom is -0.356 e. The topological polar surface area (TPSA) is 147 Å². The molecule has 11 nitrogen and oxygen atoms in total. The number of amides is 2. The van der Waals surface area contributed by atoms with Gasteiger partial charge in [-0.15, -0.1) is 0 Å². The molecule has 6 rings (SSSR count). The lowest BCUT2D eigenvalue weighted by Gasteiger charge is -2.39. The molecular formula is C29H29N7O4S. The lowest BCUT2D eigenvalue weighted by Crippen LogP contribution is -2.47. The van der Waals surface area contributed by atoms with Crippen molar-refractivity contribution in [3.63, 3.8) is 0 Å². The van der Waals surface area contributed by atoms with E-state index >= 15 is 0 Å². The Balaban J connectivity index is 1.19. The van der Waals surface area contributed by atoms with E-state index < -0.39 is 15.7 Å². The second kappa shape index (κ2) is 10.5. The van der Waals surface area contributed by atoms with E-state index in [4.69, 9.17) is 9.97 Å². The van der Waals surface area contributed by atoms with Crippen LogP contribution in [0.2, 0.25) is 0 Å². The number of carbonyl (C=O) groups excluding carboxylic acids is 2. The summed E-state index contributed by atoms with van der Waals surface area (Å²) in [7, 11) is -3.48. The number of fused-ring (bicyclic) bond motifs is 1. The number of carbonyl (C=O) groups is 2. The minimum atomic E-state index is -3.48. The normalized spacial score (nSPS) is 19.0. The Bertz CT molecular complexity index is 1780. The van der Waals surface area contributed by atoms with Gasteiger partial charge in [0.15, 0.2) is 9.84 Å². The quantitative estimate of drug-likeness (QED) is 0.356. The zero-order valence-electron chi connectivity index (χ0n) is 22.5. The van der Waals surface area contributed by atoms with Crippen molar-refractivity contribution in [1.29, 1.82) is 0 Å². The van der Waals surface area contributed by atoms with Crippen LogP contribution in [0.1, 0.15) is 35.3 Å². The van der Waals surface area contributed by atoms with Gasteiger partial charge in [-0.25, -0.2) is 18.4 Å². The Kier molecular flexibility index (Phi) is 6.86. The van der Waals surface area contributed by atoms with Crippen LogP contribution in [0, 0.1) is 5.41 Å². The van der Waals surface area contributed by atoms with Gasteiger partial charge in [0.25, 0.3) is 5.91 Å². The van der Waals surface area contributed by atoms with Crippen LogP contribution in [0.5, 0.6) is 0 Å². The monoisotopic (exact) mass is 571 g/mol. The standard InChI is InChI=1S/C29H29N7O4S/c1-41(39,40)22-12-20(14-30-17-22)27(37)33-16-21-13-25-19(15-32-21)6-7-24(34-25)23-4-2-5-26(35-23)36-11-3-8-29(18-36)9-10-31-28(29)38/h2,4-7,12-15,17H,3,8-11,16,18H2,1H3,(H,31,38)(H,33,37). The molecular weight excluding hydrogens is 542 g/mol. The molecule has 2 aliphatic rings. The lowest BCUT2D eigenvalue weighted by atomic mass is 9.78. The van der Waals surface area contributed by atoms with Crippen LogP contribution in [0.25, 0.3) is 22.3 Å². The Morgan fingerprint density at radius 3 is 2.73 bits per heavy atom. The summed E-state index contributed by atoms with van der Waals surface area (Å²) in [6, 6.07) is 12.8. The fourth-order valence-corrected chi connectivity index (χ4v) is 6.08. The number of piperidine rings is 1. The highest BCUT2D eigenvalue weighted by molar-refractivity contribution is 7.90. The van der Waals surface area contributed by atoms with Crippen molar-refractivity contribution < 1.29 is 18.0 Å². The predicted molar refractivity (Wildman–Crippen MR) is 153 cm³/mol. The second-order valence-corrected chi connectivity index (χ2v) is 12.6. The summed E-state index contributed by atoms with van der Waals surface area (Å²) in [6.07, 6.45) is 8.00. The van der Waals surface area contributed by atoms with E-state index in [1.54, 1.807) is 12.3 Å². The number of rotatable bonds is 6. The molecule has 1 unspecified atom stereocenters. The molecule has 6 heterocycles. The summed E-state index contributed by atoms with van der Waals surface area (Å²) in [5, 5.41) is 6.60. The van der Waals surface area contributed by atoms with E-state index in [-0.39, 0.29) is 28.3 Å². The number of pyridine rings is 4. The number of hydrogen-bond acceptors (Lipinski definition) is 9. The predicted octanol–water partition coefficient (Wildman–Crippen LogP) is 2.53. The second-order valence-electron chi connectivity index (χ2n) is 10.6. The van der Waals surface area contributed by atoms with E-state index in [2.05, 4.69) is 25.5 Å². The highest BCUT2D eigenvalue weighted by Crippen LogP contribution is 2.38. The Morgan fingerprint density at radius 2 is 1.93 bits per heavy atom. The molecule has 0 radical (unpaired) electrons. The van der Waals surface area contributed by atoms with Crippen LogP contribution in [-0.2, 0) is 21.2 Å². The van der Waals surface area contributed by atoms with Crippen molar-refractivity contribution >= 4 is 38.4 Å². The number of nitrogens with one attached hydrogen (secondary N) is 2. The van der Waals surface area contributed by atoms with E-state index in [0.29, 0.717) is 23.4 Å². The molecule has 210 valence electrons. The average Bonchev–Trinajstić information content (AvgIpc) is 3.33. The van der Waals surface area contributed by atoms with Gasteiger partial charge in [0.2, 0.25) is 5.91 Å². The van der Waals surface area contributed by atoms with Gasteiger partial charge in [-0.2, -0.15) is 0 Å². The number of anilines is 1. The maximum atomic E-state index is 12.6. The lowest BCUT2D eigenvalue weighted by molar-refractivity contribution is -0.128. The molecule has 0 saturated carbocycles. The van der Waals surface area contributed by atoms with Crippen molar-refractivity contribution in [3.8, 4) is 11.4 Å². The number of sulfone groups is 1. The Hall–Kier alpha value is -4.45. The summed E-state index contributed by atoms with van der Waals surface area (Å²) in [6.45, 7) is 2.37. The van der Waals surface area contributed by atoms with Gasteiger partial charge in [0.1, 0.15) is 5.82 Å². The molecule has 1 atom stereocenters. The Labute approximate surface area is 237 Å². The molecule has 2 amide bonds. The molecule has 0 aliphatic carbocycles. The molecule has 2 N–H and O–H groups in total. The third kappa shape index (κ3) is 5.47. The third-order valence-electron chi connectivity index (χ3n) is 7.73. The van der Waals surface area contributed by atoms with Gasteiger partial charge in [0, 0.05) is 49.9 Å². The summed E-state index contributed by atoms with van der Waals surface area (Å²) in [4.78, 5) is 45.4. The molecule has 0 aromatic carbocycles. The number of hydrogen-bond donors (Lipinski definition) is 2. The molecule has 4 aromatic heterocycles. The molecule has 1 spiro atoms. The summed E-state index contributed by atoms with van der Waals surface area (Å²) >= 11 is 0. The van der Waals surface area contributed by atoms with Crippen molar-refractivity contribution in [3.05, 3.63) is 72.3 Å². The van der Waals surface area contributed by atoms with Crippen LogP contribution >= 0.6 is 0 Å². The first-order valence-corrected chi connectivity index (χ1v) is 15.3. The van der Waals surface area contributed by atoms with E-state index in [1.165, 1.54) is 18.5 Å².